The zero-order valence-corrected chi connectivity index (χ0v) is 21.8. The molecule has 3 aromatic heterocycles. The van der Waals surface area contributed by atoms with Crippen LogP contribution < -0.4 is 0 Å². The van der Waals surface area contributed by atoms with E-state index in [4.69, 9.17) is 13.6 Å². The van der Waals surface area contributed by atoms with E-state index < -0.39 is 6.85 Å². The predicted octanol–water partition coefficient (Wildman–Crippen LogP) is 7.16. The summed E-state index contributed by atoms with van der Waals surface area (Å²) in [6.07, 6.45) is 3.01. The van der Waals surface area contributed by atoms with Gasteiger partial charge in [0.1, 0.15) is 0 Å². The normalized spacial score (nSPS) is 12.7. The van der Waals surface area contributed by atoms with Crippen LogP contribution in [-0.4, -0.2) is 20.9 Å². The van der Waals surface area contributed by atoms with Crippen molar-refractivity contribution in [1.82, 2.24) is 9.97 Å². The van der Waals surface area contributed by atoms with Crippen LogP contribution in [0.1, 0.15) is 29.2 Å². The van der Waals surface area contributed by atoms with Crippen molar-refractivity contribution in [2.24, 2.45) is 0 Å². The summed E-state index contributed by atoms with van der Waals surface area (Å²) in [5, 5.41) is 9.99. The maximum Gasteiger partial charge on any atom is 0.216 e. The Balaban J connectivity index is 0.000000444. The van der Waals surface area contributed by atoms with Gasteiger partial charge in [-0.05, 0) is 62.1 Å². The second kappa shape index (κ2) is 11.2. The number of hydrogen-bond acceptors (Lipinski definition) is 5. The third-order valence-electron chi connectivity index (χ3n) is 5.19. The van der Waals surface area contributed by atoms with Crippen molar-refractivity contribution < 1.29 is 38.5 Å². The number of fused-ring (bicyclic) bond motifs is 3. The van der Waals surface area contributed by atoms with Crippen molar-refractivity contribution in [1.29, 1.82) is 0 Å². The van der Waals surface area contributed by atoms with Crippen LogP contribution in [0.5, 0.6) is 0 Å². The third kappa shape index (κ3) is 5.91. The number of aryl methyl sites for hydroxylation is 2. The number of benzene rings is 2. The van der Waals surface area contributed by atoms with E-state index in [0.29, 0.717) is 11.3 Å². The van der Waals surface area contributed by atoms with E-state index in [1.807, 2.05) is 42.6 Å². The van der Waals surface area contributed by atoms with Gasteiger partial charge in [0.25, 0.3) is 0 Å². The molecule has 0 saturated heterocycles. The quantitative estimate of drug-likeness (QED) is 0.128. The molecule has 0 spiro atoms. The first-order chi connectivity index (χ1) is 17.5. The summed E-state index contributed by atoms with van der Waals surface area (Å²) in [5.41, 5.74) is 5.73. The Hall–Kier alpha value is -3.60. The van der Waals surface area contributed by atoms with Gasteiger partial charge in [0, 0.05) is 47.6 Å². The number of ketones is 1. The molecule has 3 heterocycles. The number of allylic oxidation sites excluding steroid dienone is 2. The van der Waals surface area contributed by atoms with Gasteiger partial charge in [0.15, 0.2) is 5.78 Å². The Bertz CT molecular complexity index is 1620. The Kier molecular flexibility index (Phi) is 7.02. The smallest absolute Gasteiger partial charge is 0.216 e. The van der Waals surface area contributed by atoms with Crippen LogP contribution in [0.2, 0.25) is 0 Å². The van der Waals surface area contributed by atoms with Gasteiger partial charge >= 0.3 is 0 Å². The van der Waals surface area contributed by atoms with Crippen LogP contribution >= 0.6 is 0 Å². The molecule has 1 N–H and O–H groups in total. The van der Waals surface area contributed by atoms with Gasteiger partial charge in [0.05, 0.1) is 11.3 Å². The van der Waals surface area contributed by atoms with Gasteiger partial charge in [-0.15, -0.1) is 18.2 Å². The summed E-state index contributed by atoms with van der Waals surface area (Å²) < 4.78 is 28.7. The van der Waals surface area contributed by atoms with Crippen molar-refractivity contribution in [3.8, 4) is 22.4 Å². The van der Waals surface area contributed by atoms with Crippen LogP contribution in [0.15, 0.2) is 83.1 Å². The first-order valence-electron chi connectivity index (χ1n) is 12.2. The molecule has 0 aliphatic heterocycles. The van der Waals surface area contributed by atoms with Crippen molar-refractivity contribution >= 4 is 27.9 Å². The number of aliphatic hydroxyl groups is 1. The Labute approximate surface area is 222 Å². The summed E-state index contributed by atoms with van der Waals surface area (Å²) in [7, 11) is 0. The maximum atomic E-state index is 10.0. The summed E-state index contributed by atoms with van der Waals surface area (Å²) >= 11 is 0. The third-order valence-corrected chi connectivity index (χ3v) is 5.19. The van der Waals surface area contributed by atoms with Gasteiger partial charge in [-0.3, -0.25) is 4.79 Å². The zero-order valence-electron chi connectivity index (χ0n) is 22.4. The maximum absolute atomic E-state index is 10.0. The van der Waals surface area contributed by atoms with Gasteiger partial charge in [-0.2, -0.15) is 0 Å². The number of nitrogens with zero attached hydrogens (tertiary/aromatic N) is 2. The number of rotatable bonds is 3. The molecule has 0 saturated carbocycles. The molecule has 0 fully saturated rings. The monoisotopic (exact) mass is 645 g/mol. The van der Waals surface area contributed by atoms with Gasteiger partial charge in [-0.25, -0.2) is 4.98 Å². The van der Waals surface area contributed by atoms with Crippen molar-refractivity contribution in [2.45, 2.75) is 27.6 Å². The number of furan rings is 1. The summed E-state index contributed by atoms with van der Waals surface area (Å²) in [5.74, 6) is -0.0625. The molecule has 2 aromatic carbocycles. The Morgan fingerprint density at radius 3 is 2.51 bits per heavy atom. The number of aliphatic hydroxyl groups excluding tert-OH is 1. The number of carbonyl (C=O) groups excluding carboxylic acids is 1. The van der Waals surface area contributed by atoms with Crippen molar-refractivity contribution in [3.05, 3.63) is 96.0 Å². The molecular formula is C29H25IrN2O3-. The minimum absolute atomic E-state index is 0. The second-order valence-corrected chi connectivity index (χ2v) is 7.89. The summed E-state index contributed by atoms with van der Waals surface area (Å²) in [6, 6.07) is 22.4. The van der Waals surface area contributed by atoms with E-state index in [1.165, 1.54) is 31.6 Å². The minimum Gasteiger partial charge on any atom is -0.512 e. The van der Waals surface area contributed by atoms with E-state index >= 15 is 0 Å². The average Bonchev–Trinajstić information content (AvgIpc) is 3.22. The van der Waals surface area contributed by atoms with Gasteiger partial charge < -0.3 is 14.5 Å². The Morgan fingerprint density at radius 2 is 1.89 bits per heavy atom. The first-order valence-corrected chi connectivity index (χ1v) is 10.7. The molecule has 0 amide bonds. The number of carbonyl (C=O) groups is 1. The second-order valence-electron chi connectivity index (χ2n) is 7.89. The van der Waals surface area contributed by atoms with Crippen molar-refractivity contribution in [3.63, 3.8) is 0 Å². The van der Waals surface area contributed by atoms with E-state index in [1.54, 1.807) is 6.07 Å². The Morgan fingerprint density at radius 1 is 1.09 bits per heavy atom. The standard InChI is InChI=1S/C24H17N2O.C5H8O2.Ir/c1-15-6-3-4-7-18(15)17-11-13-22(25-14-17)21-9-5-8-19-20-12-10-16(2)26-24(20)27-23(19)21;1-4(6)3-5(2)7;/h3-8,10-14H,1-2H3;3,6H,1-2H3;/q-1;;/b;4-3-;/i2D3;;. The predicted molar refractivity (Wildman–Crippen MR) is 136 cm³/mol. The summed E-state index contributed by atoms with van der Waals surface area (Å²) in [4.78, 5) is 18.9. The van der Waals surface area contributed by atoms with E-state index in [9.17, 15) is 4.79 Å². The van der Waals surface area contributed by atoms with Gasteiger partial charge in [0.2, 0.25) is 5.71 Å². The van der Waals surface area contributed by atoms with Crippen LogP contribution in [-0.2, 0) is 24.9 Å². The van der Waals surface area contributed by atoms with E-state index in [-0.39, 0.29) is 37.3 Å². The molecule has 0 aliphatic carbocycles. The molecule has 0 aliphatic rings. The fourth-order valence-corrected chi connectivity index (χ4v) is 3.70. The molecule has 35 heavy (non-hydrogen) atoms. The molecule has 0 atom stereocenters. The fourth-order valence-electron chi connectivity index (χ4n) is 3.70. The minimum atomic E-state index is -2.28. The molecule has 179 valence electrons. The largest absolute Gasteiger partial charge is 0.512 e. The molecule has 5 rings (SSSR count). The van der Waals surface area contributed by atoms with E-state index in [0.717, 1.165) is 33.2 Å². The van der Waals surface area contributed by atoms with Crippen molar-refractivity contribution in [2.75, 3.05) is 0 Å². The van der Waals surface area contributed by atoms with Crippen LogP contribution in [0.25, 0.3) is 44.5 Å². The molecule has 1 radical (unpaired) electrons. The summed E-state index contributed by atoms with van der Waals surface area (Å²) in [6.45, 7) is 2.64. The van der Waals surface area contributed by atoms with E-state index in [2.05, 4.69) is 35.1 Å². The van der Waals surface area contributed by atoms with Crippen LogP contribution in [0.3, 0.4) is 0 Å². The number of hydrogen-bond donors (Lipinski definition) is 1. The number of pyridine rings is 2. The van der Waals surface area contributed by atoms with Gasteiger partial charge in [-0.1, -0.05) is 47.3 Å². The SMILES string of the molecule is CC(=O)/C=C(/C)O.[2H]C([2H])([2H])c1ccc2c(n1)oc1c(-c3ccc(-c4ccccc4C)cn3)[c-]ccc12.[Ir]. The molecule has 0 unspecified atom stereocenters. The fraction of sp³-hybridized carbons (Fsp3) is 0.138. The zero-order chi connectivity index (χ0) is 26.7. The average molecular weight is 645 g/mol. The molecule has 5 nitrogen and oxygen atoms in total. The number of aromatic nitrogens is 2. The first kappa shape index (κ1) is 21.9. The molecule has 6 heteroatoms. The topological polar surface area (TPSA) is 76.2 Å². The molecule has 0 bridgehead atoms. The molecular weight excluding hydrogens is 617 g/mol. The van der Waals surface area contributed by atoms with Crippen LogP contribution in [0, 0.1) is 19.8 Å². The van der Waals surface area contributed by atoms with Crippen LogP contribution in [0.4, 0.5) is 0 Å². The molecule has 5 aromatic rings.